The standard InChI is InChI=1S/C20H21N3O3/c21-12-18(25)11-17-6-5-15(24)23-9-7-19(20(17,23)26-10-8-17)13-3-1-2-4-14(13)22-16(18)19/h1-4,16,22,25H,5-11H2/t16-,17+,18-,19-,20+/m1/s1. The molecule has 0 aromatic heterocycles. The number of anilines is 1. The van der Waals surface area contributed by atoms with Gasteiger partial charge in [0.15, 0.2) is 11.3 Å². The van der Waals surface area contributed by atoms with Gasteiger partial charge in [-0.2, -0.15) is 5.26 Å². The number of para-hydroxylation sites is 1. The number of nitriles is 1. The van der Waals surface area contributed by atoms with Gasteiger partial charge in [0, 0.05) is 30.5 Å². The Morgan fingerprint density at radius 3 is 3.00 bits per heavy atom. The van der Waals surface area contributed by atoms with Gasteiger partial charge in [0.1, 0.15) is 0 Å². The molecule has 1 aliphatic carbocycles. The third-order valence-corrected chi connectivity index (χ3v) is 7.92. The number of piperidine rings is 1. The van der Waals surface area contributed by atoms with Crippen molar-refractivity contribution in [1.29, 1.82) is 5.26 Å². The Labute approximate surface area is 151 Å². The number of nitrogens with one attached hydrogen (secondary N) is 1. The molecule has 3 saturated heterocycles. The van der Waals surface area contributed by atoms with Crippen LogP contribution in [0.5, 0.6) is 0 Å². The molecule has 2 N–H and O–H groups in total. The van der Waals surface area contributed by atoms with Crippen LogP contribution in [-0.4, -0.2) is 46.4 Å². The van der Waals surface area contributed by atoms with Crippen LogP contribution in [0.15, 0.2) is 24.3 Å². The highest BCUT2D eigenvalue weighted by atomic mass is 16.5. The highest BCUT2D eigenvalue weighted by Gasteiger charge is 2.84. The number of hydrogen-bond donors (Lipinski definition) is 2. The molecule has 6 heteroatoms. The van der Waals surface area contributed by atoms with E-state index in [0.29, 0.717) is 38.8 Å². The summed E-state index contributed by atoms with van der Waals surface area (Å²) in [6, 6.07) is 9.81. The second kappa shape index (κ2) is 4.24. The minimum absolute atomic E-state index is 0.143. The maximum absolute atomic E-state index is 12.9. The smallest absolute Gasteiger partial charge is 0.224 e. The van der Waals surface area contributed by atoms with Gasteiger partial charge in [-0.1, -0.05) is 18.2 Å². The van der Waals surface area contributed by atoms with Gasteiger partial charge in [-0.25, -0.2) is 0 Å². The molecule has 0 radical (unpaired) electrons. The summed E-state index contributed by atoms with van der Waals surface area (Å²) in [6.07, 6.45) is 3.01. The van der Waals surface area contributed by atoms with Crippen molar-refractivity contribution in [3.8, 4) is 6.07 Å². The highest BCUT2D eigenvalue weighted by Crippen LogP contribution is 2.73. The van der Waals surface area contributed by atoms with E-state index >= 15 is 0 Å². The maximum Gasteiger partial charge on any atom is 0.224 e. The molecule has 4 fully saturated rings. The highest BCUT2D eigenvalue weighted by molar-refractivity contribution is 5.81. The Balaban J connectivity index is 1.72. The Morgan fingerprint density at radius 1 is 1.31 bits per heavy atom. The monoisotopic (exact) mass is 351 g/mol. The molecule has 6 rings (SSSR count). The van der Waals surface area contributed by atoms with Crippen molar-refractivity contribution in [2.24, 2.45) is 5.41 Å². The minimum atomic E-state index is -1.48. The number of ether oxygens (including phenoxy) is 1. The van der Waals surface area contributed by atoms with E-state index in [2.05, 4.69) is 17.5 Å². The molecular weight excluding hydrogens is 330 g/mol. The molecule has 4 heterocycles. The number of amides is 1. The fourth-order valence-corrected chi connectivity index (χ4v) is 7.25. The molecule has 0 unspecified atom stereocenters. The van der Waals surface area contributed by atoms with Crippen LogP contribution in [0.4, 0.5) is 5.69 Å². The second-order valence-corrected chi connectivity index (χ2v) is 8.63. The predicted octanol–water partition coefficient (Wildman–Crippen LogP) is 1.51. The molecule has 2 spiro atoms. The van der Waals surface area contributed by atoms with Crippen molar-refractivity contribution in [3.63, 3.8) is 0 Å². The van der Waals surface area contributed by atoms with Crippen LogP contribution < -0.4 is 5.32 Å². The summed E-state index contributed by atoms with van der Waals surface area (Å²) < 4.78 is 6.54. The molecule has 1 aromatic carbocycles. The Hall–Kier alpha value is -2.10. The number of rotatable bonds is 0. The van der Waals surface area contributed by atoms with Gasteiger partial charge in [0.2, 0.25) is 5.91 Å². The first-order valence-electron chi connectivity index (χ1n) is 9.47. The first kappa shape index (κ1) is 15.0. The summed E-state index contributed by atoms with van der Waals surface area (Å²) in [5.41, 5.74) is -1.14. The van der Waals surface area contributed by atoms with Gasteiger partial charge in [0.05, 0.1) is 24.1 Å². The zero-order chi connectivity index (χ0) is 17.8. The number of fused-ring (bicyclic) bond motifs is 1. The van der Waals surface area contributed by atoms with E-state index in [0.717, 1.165) is 17.7 Å². The van der Waals surface area contributed by atoms with Crippen LogP contribution in [0.3, 0.4) is 0 Å². The Kier molecular flexibility index (Phi) is 2.45. The summed E-state index contributed by atoms with van der Waals surface area (Å²) in [5, 5.41) is 25.0. The lowest BCUT2D eigenvalue weighted by atomic mass is 9.47. The average Bonchev–Trinajstić information content (AvgIpc) is 3.30. The van der Waals surface area contributed by atoms with E-state index in [1.54, 1.807) is 0 Å². The van der Waals surface area contributed by atoms with Crippen LogP contribution in [0.2, 0.25) is 0 Å². The fourth-order valence-electron chi connectivity index (χ4n) is 7.25. The molecule has 0 bridgehead atoms. The van der Waals surface area contributed by atoms with Gasteiger partial charge in [-0.15, -0.1) is 0 Å². The molecule has 134 valence electrons. The van der Waals surface area contributed by atoms with E-state index in [9.17, 15) is 15.2 Å². The van der Waals surface area contributed by atoms with Gasteiger partial charge < -0.3 is 20.1 Å². The zero-order valence-corrected chi connectivity index (χ0v) is 14.5. The van der Waals surface area contributed by atoms with Crippen molar-refractivity contribution < 1.29 is 14.6 Å². The topological polar surface area (TPSA) is 85.6 Å². The number of hydrogen-bond acceptors (Lipinski definition) is 5. The van der Waals surface area contributed by atoms with Gasteiger partial charge in [-0.05, 0) is 30.9 Å². The zero-order valence-electron chi connectivity index (χ0n) is 14.5. The lowest BCUT2D eigenvalue weighted by Crippen LogP contribution is -2.78. The van der Waals surface area contributed by atoms with E-state index < -0.39 is 22.8 Å². The fraction of sp³-hybridized carbons (Fsp3) is 0.600. The molecule has 1 saturated carbocycles. The SMILES string of the molecule is N#C[C@]1(O)C[C@]23CCO[C@@]24N(CC[C@]42c4ccccc4N[C@H]12)C(=O)CC3. The maximum atomic E-state index is 12.9. The van der Waals surface area contributed by atoms with Crippen LogP contribution in [0.1, 0.15) is 37.7 Å². The van der Waals surface area contributed by atoms with E-state index in [-0.39, 0.29) is 11.3 Å². The van der Waals surface area contributed by atoms with E-state index in [1.807, 2.05) is 23.1 Å². The number of carbonyl (C=O) groups excluding carboxylic acids is 1. The molecule has 5 aliphatic rings. The minimum Gasteiger partial charge on any atom is -0.377 e. The summed E-state index contributed by atoms with van der Waals surface area (Å²) in [7, 11) is 0. The summed E-state index contributed by atoms with van der Waals surface area (Å²) in [5.74, 6) is 0.143. The molecule has 1 aromatic rings. The van der Waals surface area contributed by atoms with Gasteiger partial charge in [-0.3, -0.25) is 4.79 Å². The average molecular weight is 351 g/mol. The lowest BCUT2D eigenvalue weighted by molar-refractivity contribution is -0.249. The van der Waals surface area contributed by atoms with Crippen molar-refractivity contribution in [2.45, 2.75) is 54.9 Å². The first-order valence-corrected chi connectivity index (χ1v) is 9.47. The Bertz CT molecular complexity index is 897. The molecule has 4 aliphatic heterocycles. The normalized spacial score (nSPS) is 47.5. The van der Waals surface area contributed by atoms with Crippen molar-refractivity contribution in [1.82, 2.24) is 4.90 Å². The predicted molar refractivity (Wildman–Crippen MR) is 92.0 cm³/mol. The summed E-state index contributed by atoms with van der Waals surface area (Å²) in [6.45, 7) is 1.19. The van der Waals surface area contributed by atoms with Crippen LogP contribution in [-0.2, 0) is 14.9 Å². The van der Waals surface area contributed by atoms with Crippen molar-refractivity contribution >= 4 is 11.6 Å². The quantitative estimate of drug-likeness (QED) is 0.692. The molecule has 1 amide bonds. The molecular formula is C20H21N3O3. The van der Waals surface area contributed by atoms with E-state index in [4.69, 9.17) is 4.74 Å². The molecule has 26 heavy (non-hydrogen) atoms. The summed E-state index contributed by atoms with van der Waals surface area (Å²) in [4.78, 5) is 14.8. The van der Waals surface area contributed by atoms with E-state index in [1.165, 1.54) is 0 Å². The molecule has 6 nitrogen and oxygen atoms in total. The number of aliphatic hydroxyl groups is 1. The van der Waals surface area contributed by atoms with Gasteiger partial charge >= 0.3 is 0 Å². The third kappa shape index (κ3) is 1.24. The van der Waals surface area contributed by atoms with Gasteiger partial charge in [0.25, 0.3) is 0 Å². The van der Waals surface area contributed by atoms with Crippen LogP contribution in [0.25, 0.3) is 0 Å². The summed E-state index contributed by atoms with van der Waals surface area (Å²) >= 11 is 0. The van der Waals surface area contributed by atoms with Crippen molar-refractivity contribution in [2.75, 3.05) is 18.5 Å². The number of benzene rings is 1. The number of nitrogens with zero attached hydrogens (tertiary/aromatic N) is 2. The van der Waals surface area contributed by atoms with Crippen molar-refractivity contribution in [3.05, 3.63) is 29.8 Å². The van der Waals surface area contributed by atoms with Crippen LogP contribution in [0, 0.1) is 16.7 Å². The largest absolute Gasteiger partial charge is 0.377 e. The molecule has 5 atom stereocenters. The Morgan fingerprint density at radius 2 is 2.15 bits per heavy atom. The second-order valence-electron chi connectivity index (χ2n) is 8.63. The first-order chi connectivity index (χ1) is 12.5. The number of carbonyl (C=O) groups is 1. The lowest BCUT2D eigenvalue weighted by Gasteiger charge is -2.64. The van der Waals surface area contributed by atoms with Crippen LogP contribution >= 0.6 is 0 Å². The third-order valence-electron chi connectivity index (χ3n) is 7.92.